The fraction of sp³-hybridized carbons (Fsp3) is 0.375. The summed E-state index contributed by atoms with van der Waals surface area (Å²) in [5.41, 5.74) is 4.53. The van der Waals surface area contributed by atoms with Gasteiger partial charge in [0.1, 0.15) is 11.9 Å². The third-order valence-electron chi connectivity index (χ3n) is 6.28. The summed E-state index contributed by atoms with van der Waals surface area (Å²) in [6, 6.07) is 11.6. The summed E-state index contributed by atoms with van der Waals surface area (Å²) < 4.78 is 1.54. The molecule has 7 heteroatoms. The molecule has 0 saturated carbocycles. The van der Waals surface area contributed by atoms with Crippen molar-refractivity contribution in [3.05, 3.63) is 69.9 Å². The van der Waals surface area contributed by atoms with Crippen molar-refractivity contribution in [2.75, 3.05) is 11.4 Å². The molecule has 0 amide bonds. The standard InChI is InChI=1S/C24H24N6O/c25-15-19-14-18-4-1-2-6-21(18)27-24(19)29-13-3-5-20(29)16-30-23(31)8-7-22(28-30)17-9-11-26-12-10-17/h7-12,14,20H,1-6,13,16H2. The summed E-state index contributed by atoms with van der Waals surface area (Å²) in [5.74, 6) is 0.768. The van der Waals surface area contributed by atoms with Crippen molar-refractivity contribution < 1.29 is 0 Å². The monoisotopic (exact) mass is 412 g/mol. The molecule has 0 aromatic carbocycles. The quantitative estimate of drug-likeness (QED) is 0.654. The zero-order valence-electron chi connectivity index (χ0n) is 17.4. The summed E-state index contributed by atoms with van der Waals surface area (Å²) in [7, 11) is 0. The smallest absolute Gasteiger partial charge is 0.266 e. The molecule has 5 rings (SSSR count). The van der Waals surface area contributed by atoms with Gasteiger partial charge in [0, 0.05) is 36.3 Å². The Hall–Kier alpha value is -3.53. The van der Waals surface area contributed by atoms with Gasteiger partial charge in [0.25, 0.3) is 5.56 Å². The molecule has 2 aliphatic rings. The fourth-order valence-electron chi connectivity index (χ4n) is 4.68. The van der Waals surface area contributed by atoms with Gasteiger partial charge in [-0.25, -0.2) is 9.67 Å². The molecule has 1 saturated heterocycles. The Morgan fingerprint density at radius 1 is 1.10 bits per heavy atom. The van der Waals surface area contributed by atoms with Crippen LogP contribution in [0.2, 0.25) is 0 Å². The molecule has 1 fully saturated rings. The highest BCUT2D eigenvalue weighted by atomic mass is 16.1. The van der Waals surface area contributed by atoms with E-state index in [1.165, 1.54) is 5.56 Å². The van der Waals surface area contributed by atoms with Crippen molar-refractivity contribution in [1.29, 1.82) is 5.26 Å². The van der Waals surface area contributed by atoms with E-state index >= 15 is 0 Å². The number of fused-ring (bicyclic) bond motifs is 1. The Balaban J connectivity index is 1.46. The van der Waals surface area contributed by atoms with Gasteiger partial charge in [0.2, 0.25) is 0 Å². The van der Waals surface area contributed by atoms with Crippen LogP contribution in [0.1, 0.15) is 42.5 Å². The molecule has 0 bridgehead atoms. The Labute approximate surface area is 181 Å². The van der Waals surface area contributed by atoms with Gasteiger partial charge in [-0.2, -0.15) is 10.4 Å². The Kier molecular flexibility index (Phi) is 5.21. The van der Waals surface area contributed by atoms with Gasteiger partial charge in [-0.1, -0.05) is 0 Å². The molecule has 1 aliphatic carbocycles. The number of pyridine rings is 2. The molecule has 4 heterocycles. The number of nitrogens with zero attached hydrogens (tertiary/aromatic N) is 6. The number of aryl methyl sites for hydroxylation is 2. The maximum absolute atomic E-state index is 12.5. The topological polar surface area (TPSA) is 87.7 Å². The predicted molar refractivity (Wildman–Crippen MR) is 118 cm³/mol. The first-order chi connectivity index (χ1) is 15.2. The van der Waals surface area contributed by atoms with E-state index in [-0.39, 0.29) is 11.6 Å². The van der Waals surface area contributed by atoms with E-state index in [0.29, 0.717) is 12.1 Å². The molecule has 1 aliphatic heterocycles. The second-order valence-corrected chi connectivity index (χ2v) is 8.25. The molecule has 3 aromatic rings. The van der Waals surface area contributed by atoms with Gasteiger partial charge in [0.05, 0.1) is 23.8 Å². The minimum absolute atomic E-state index is 0.0825. The van der Waals surface area contributed by atoms with Crippen molar-refractivity contribution in [3.63, 3.8) is 0 Å². The lowest BCUT2D eigenvalue weighted by molar-refractivity contribution is 0.488. The van der Waals surface area contributed by atoms with E-state index in [2.05, 4.69) is 21.1 Å². The van der Waals surface area contributed by atoms with Gasteiger partial charge in [-0.3, -0.25) is 9.78 Å². The number of anilines is 1. The van der Waals surface area contributed by atoms with Crippen molar-refractivity contribution in [1.82, 2.24) is 19.7 Å². The van der Waals surface area contributed by atoms with Gasteiger partial charge in [0.15, 0.2) is 0 Å². The SMILES string of the molecule is N#Cc1cc2c(nc1N1CCCC1Cn1nc(-c3ccncc3)ccc1=O)CCCC2. The second-order valence-electron chi connectivity index (χ2n) is 8.25. The number of hydrogen-bond donors (Lipinski definition) is 0. The molecule has 0 radical (unpaired) electrons. The average Bonchev–Trinajstić information content (AvgIpc) is 3.28. The number of aromatic nitrogens is 4. The van der Waals surface area contributed by atoms with E-state index in [9.17, 15) is 10.1 Å². The van der Waals surface area contributed by atoms with Gasteiger partial charge >= 0.3 is 0 Å². The first kappa shape index (κ1) is 19.4. The highest BCUT2D eigenvalue weighted by molar-refractivity contribution is 5.58. The Morgan fingerprint density at radius 3 is 2.77 bits per heavy atom. The number of nitriles is 1. The molecular weight excluding hydrogens is 388 g/mol. The van der Waals surface area contributed by atoms with E-state index in [4.69, 9.17) is 4.98 Å². The van der Waals surface area contributed by atoms with Gasteiger partial charge < -0.3 is 4.90 Å². The van der Waals surface area contributed by atoms with Crippen LogP contribution in [-0.2, 0) is 19.4 Å². The second kappa shape index (κ2) is 8.31. The molecule has 1 atom stereocenters. The third-order valence-corrected chi connectivity index (χ3v) is 6.28. The third kappa shape index (κ3) is 3.81. The van der Waals surface area contributed by atoms with Crippen LogP contribution in [-0.4, -0.2) is 32.3 Å². The molecule has 7 nitrogen and oxygen atoms in total. The zero-order valence-corrected chi connectivity index (χ0v) is 17.4. The highest BCUT2D eigenvalue weighted by Crippen LogP contribution is 2.31. The highest BCUT2D eigenvalue weighted by Gasteiger charge is 2.29. The summed E-state index contributed by atoms with van der Waals surface area (Å²) in [5, 5.41) is 14.4. The van der Waals surface area contributed by atoms with Crippen LogP contribution < -0.4 is 10.5 Å². The average molecular weight is 412 g/mol. The van der Waals surface area contributed by atoms with Gasteiger partial charge in [-0.15, -0.1) is 0 Å². The normalized spacial score (nSPS) is 17.9. The lowest BCUT2D eigenvalue weighted by atomic mass is 9.95. The van der Waals surface area contributed by atoms with Gasteiger partial charge in [-0.05, 0) is 68.4 Å². The van der Waals surface area contributed by atoms with Crippen LogP contribution in [0.25, 0.3) is 11.3 Å². The van der Waals surface area contributed by atoms with Crippen LogP contribution in [0.3, 0.4) is 0 Å². The van der Waals surface area contributed by atoms with Crippen LogP contribution in [0.5, 0.6) is 0 Å². The van der Waals surface area contributed by atoms with Crippen molar-refractivity contribution in [2.45, 2.75) is 51.1 Å². The largest absolute Gasteiger partial charge is 0.351 e. The van der Waals surface area contributed by atoms with Crippen molar-refractivity contribution >= 4 is 5.82 Å². The molecule has 31 heavy (non-hydrogen) atoms. The Bertz CT molecular complexity index is 1200. The minimum atomic E-state index is -0.122. The number of hydrogen-bond acceptors (Lipinski definition) is 6. The molecule has 1 unspecified atom stereocenters. The summed E-state index contributed by atoms with van der Waals surface area (Å²) in [6.45, 7) is 1.31. The van der Waals surface area contributed by atoms with E-state index < -0.39 is 0 Å². The molecule has 3 aromatic heterocycles. The maximum Gasteiger partial charge on any atom is 0.266 e. The molecule has 0 spiro atoms. The zero-order chi connectivity index (χ0) is 21.2. The summed E-state index contributed by atoms with van der Waals surface area (Å²) >= 11 is 0. The summed E-state index contributed by atoms with van der Waals surface area (Å²) in [4.78, 5) is 23.7. The van der Waals surface area contributed by atoms with E-state index in [1.54, 1.807) is 29.2 Å². The molecule has 0 N–H and O–H groups in total. The van der Waals surface area contributed by atoms with E-state index in [0.717, 1.165) is 67.8 Å². The van der Waals surface area contributed by atoms with Crippen LogP contribution in [0, 0.1) is 11.3 Å². The van der Waals surface area contributed by atoms with Crippen molar-refractivity contribution in [3.8, 4) is 17.3 Å². The van der Waals surface area contributed by atoms with Crippen LogP contribution >= 0.6 is 0 Å². The molecular formula is C24H24N6O. The van der Waals surface area contributed by atoms with Crippen LogP contribution in [0.15, 0.2) is 47.5 Å². The predicted octanol–water partition coefficient (Wildman–Crippen LogP) is 3.12. The minimum Gasteiger partial charge on any atom is -0.351 e. The molecule has 156 valence electrons. The number of rotatable bonds is 4. The first-order valence-corrected chi connectivity index (χ1v) is 10.9. The first-order valence-electron chi connectivity index (χ1n) is 10.9. The van der Waals surface area contributed by atoms with E-state index in [1.807, 2.05) is 18.2 Å². The van der Waals surface area contributed by atoms with Crippen molar-refractivity contribution in [2.24, 2.45) is 0 Å². The maximum atomic E-state index is 12.5. The fourth-order valence-corrected chi connectivity index (χ4v) is 4.68. The lowest BCUT2D eigenvalue weighted by Crippen LogP contribution is -2.38. The Morgan fingerprint density at radius 2 is 1.94 bits per heavy atom. The summed E-state index contributed by atoms with van der Waals surface area (Å²) in [6.07, 6.45) is 9.67. The van der Waals surface area contributed by atoms with Crippen LogP contribution in [0.4, 0.5) is 5.82 Å². The lowest BCUT2D eigenvalue weighted by Gasteiger charge is -2.28.